The Morgan fingerprint density at radius 2 is 1.62 bits per heavy atom. The molecule has 6 nitrogen and oxygen atoms in total. The molecule has 2 aromatic heterocycles. The maximum absolute atomic E-state index is 5.12. The number of likely N-dealkylation sites (tertiary alicyclic amines) is 1. The van der Waals surface area contributed by atoms with Gasteiger partial charge in [-0.2, -0.15) is 0 Å². The lowest BCUT2D eigenvalue weighted by atomic mass is 9.77. The topological polar surface area (TPSA) is 54.4 Å². The van der Waals surface area contributed by atoms with E-state index in [1.807, 2.05) is 45.9 Å². The highest BCUT2D eigenvalue weighted by Crippen LogP contribution is 2.43. The maximum Gasteiger partial charge on any atom is 0.212 e. The van der Waals surface area contributed by atoms with Crippen LogP contribution in [0.4, 0.5) is 5.82 Å². The average molecular weight is 440 g/mol. The number of aromatic nitrogens is 3. The van der Waals surface area contributed by atoms with Crippen molar-refractivity contribution in [1.29, 1.82) is 0 Å². The van der Waals surface area contributed by atoms with Gasteiger partial charge in [-0.3, -0.25) is 4.90 Å². The molecule has 3 fully saturated rings. The van der Waals surface area contributed by atoms with Crippen LogP contribution in [-0.2, 0) is 0 Å². The molecule has 0 atom stereocenters. The predicted molar refractivity (Wildman–Crippen MR) is 132 cm³/mol. The smallest absolute Gasteiger partial charge is 0.212 e. The van der Waals surface area contributed by atoms with Gasteiger partial charge in [-0.05, 0) is 62.3 Å². The molecular formula is C26H41N5O. The van der Waals surface area contributed by atoms with Crippen molar-refractivity contribution in [2.45, 2.75) is 72.3 Å². The summed E-state index contributed by atoms with van der Waals surface area (Å²) in [6.07, 6.45) is 10.0. The Bertz CT molecular complexity index is 796. The summed E-state index contributed by atoms with van der Waals surface area (Å²) in [5.41, 5.74) is 2.35. The Hall–Kier alpha value is -2.21. The van der Waals surface area contributed by atoms with Crippen molar-refractivity contribution in [1.82, 2.24) is 20.1 Å². The number of anilines is 1. The molecule has 4 heterocycles. The number of piperidine rings is 1. The number of methoxy groups -OCH3 is 1. The highest BCUT2D eigenvalue weighted by Gasteiger charge is 2.43. The van der Waals surface area contributed by atoms with E-state index in [0.29, 0.717) is 11.3 Å². The molecule has 1 spiro atoms. The summed E-state index contributed by atoms with van der Waals surface area (Å²) in [6.45, 7) is 12.8. The third kappa shape index (κ3) is 5.40. The average Bonchev–Trinajstić information content (AvgIpc) is 3.24. The zero-order valence-corrected chi connectivity index (χ0v) is 20.7. The summed E-state index contributed by atoms with van der Waals surface area (Å²) in [4.78, 5) is 9.43. The van der Waals surface area contributed by atoms with Crippen molar-refractivity contribution in [3.63, 3.8) is 0 Å². The lowest BCUT2D eigenvalue weighted by Gasteiger charge is -2.41. The molecule has 2 saturated heterocycles. The molecule has 2 aliphatic heterocycles. The van der Waals surface area contributed by atoms with Crippen LogP contribution >= 0.6 is 0 Å². The highest BCUT2D eigenvalue weighted by molar-refractivity contribution is 5.59. The van der Waals surface area contributed by atoms with Crippen molar-refractivity contribution in [3.05, 3.63) is 30.5 Å². The van der Waals surface area contributed by atoms with Gasteiger partial charge in [-0.1, -0.05) is 34.1 Å². The monoisotopic (exact) mass is 439 g/mol. The number of hydrogen-bond acceptors (Lipinski definition) is 6. The van der Waals surface area contributed by atoms with Crippen LogP contribution < -0.4 is 9.64 Å². The first-order chi connectivity index (χ1) is 15.7. The van der Waals surface area contributed by atoms with Crippen LogP contribution in [-0.4, -0.2) is 59.4 Å². The number of rotatable bonds is 4. The normalized spacial score (nSPS) is 20.0. The van der Waals surface area contributed by atoms with Crippen LogP contribution in [0.5, 0.6) is 5.88 Å². The summed E-state index contributed by atoms with van der Waals surface area (Å²) in [6, 6.07) is 8.85. The summed E-state index contributed by atoms with van der Waals surface area (Å²) in [7, 11) is 1.62. The molecule has 176 valence electrons. The Balaban J connectivity index is 0.000000686. The molecule has 1 aliphatic carbocycles. The van der Waals surface area contributed by atoms with Crippen LogP contribution in [0.25, 0.3) is 11.3 Å². The SMILES string of the molecule is CC.CC.COc1ccc(-c2ccc(N3CCC4(CC3)CCN(C3CCC3)C4)nn2)cn1. The van der Waals surface area contributed by atoms with E-state index < -0.39 is 0 Å². The van der Waals surface area contributed by atoms with Crippen molar-refractivity contribution in [2.24, 2.45) is 5.41 Å². The van der Waals surface area contributed by atoms with Gasteiger partial charge < -0.3 is 9.64 Å². The predicted octanol–water partition coefficient (Wildman–Crippen LogP) is 5.44. The lowest BCUT2D eigenvalue weighted by Crippen LogP contribution is -2.44. The third-order valence-corrected chi connectivity index (χ3v) is 7.10. The van der Waals surface area contributed by atoms with E-state index in [9.17, 15) is 0 Å². The van der Waals surface area contributed by atoms with Gasteiger partial charge in [0.15, 0.2) is 5.82 Å². The molecule has 2 aromatic rings. The fourth-order valence-corrected chi connectivity index (χ4v) is 4.95. The van der Waals surface area contributed by atoms with Crippen LogP contribution in [0, 0.1) is 5.41 Å². The first-order valence-corrected chi connectivity index (χ1v) is 12.6. The molecule has 0 amide bonds. The molecule has 6 heteroatoms. The lowest BCUT2D eigenvalue weighted by molar-refractivity contribution is 0.127. The second-order valence-corrected chi connectivity index (χ2v) is 8.66. The van der Waals surface area contributed by atoms with Crippen LogP contribution in [0.3, 0.4) is 0 Å². The van der Waals surface area contributed by atoms with Crippen molar-refractivity contribution >= 4 is 5.82 Å². The third-order valence-electron chi connectivity index (χ3n) is 7.10. The van der Waals surface area contributed by atoms with E-state index in [2.05, 4.69) is 31.0 Å². The van der Waals surface area contributed by atoms with E-state index in [0.717, 1.165) is 36.2 Å². The van der Waals surface area contributed by atoms with E-state index in [-0.39, 0.29) is 0 Å². The van der Waals surface area contributed by atoms with Crippen molar-refractivity contribution in [2.75, 3.05) is 38.2 Å². The van der Waals surface area contributed by atoms with Gasteiger partial charge in [0.25, 0.3) is 0 Å². The van der Waals surface area contributed by atoms with Crippen LogP contribution in [0.1, 0.15) is 66.2 Å². The first kappa shape index (κ1) is 24.4. The number of nitrogens with zero attached hydrogens (tertiary/aromatic N) is 5. The van der Waals surface area contributed by atoms with E-state index in [1.165, 1.54) is 51.6 Å². The largest absolute Gasteiger partial charge is 0.481 e. The van der Waals surface area contributed by atoms with Gasteiger partial charge in [0.05, 0.1) is 12.8 Å². The molecule has 0 aromatic carbocycles. The number of pyridine rings is 1. The quantitative estimate of drug-likeness (QED) is 0.632. The molecule has 5 rings (SSSR count). The number of ether oxygens (including phenoxy) is 1. The van der Waals surface area contributed by atoms with Crippen molar-refractivity contribution in [3.8, 4) is 17.1 Å². The van der Waals surface area contributed by atoms with Crippen LogP contribution in [0.15, 0.2) is 30.5 Å². The molecule has 0 unspecified atom stereocenters. The summed E-state index contributed by atoms with van der Waals surface area (Å²) in [5.74, 6) is 1.60. The Morgan fingerprint density at radius 3 is 2.16 bits per heavy atom. The van der Waals surface area contributed by atoms with Gasteiger partial charge in [0.1, 0.15) is 0 Å². The van der Waals surface area contributed by atoms with Gasteiger partial charge in [-0.25, -0.2) is 4.98 Å². The molecule has 0 N–H and O–H groups in total. The van der Waals surface area contributed by atoms with E-state index in [1.54, 1.807) is 13.3 Å². The maximum atomic E-state index is 5.12. The Labute approximate surface area is 194 Å². The fraction of sp³-hybridized carbons (Fsp3) is 0.654. The summed E-state index contributed by atoms with van der Waals surface area (Å²) >= 11 is 0. The van der Waals surface area contributed by atoms with Gasteiger partial charge in [0, 0.05) is 43.5 Å². The second-order valence-electron chi connectivity index (χ2n) is 8.66. The minimum Gasteiger partial charge on any atom is -0.481 e. The molecule has 0 radical (unpaired) electrons. The summed E-state index contributed by atoms with van der Waals surface area (Å²) in [5, 5.41) is 8.95. The first-order valence-electron chi connectivity index (χ1n) is 12.6. The van der Waals surface area contributed by atoms with Gasteiger partial charge >= 0.3 is 0 Å². The molecule has 32 heavy (non-hydrogen) atoms. The molecule has 1 saturated carbocycles. The van der Waals surface area contributed by atoms with E-state index >= 15 is 0 Å². The Morgan fingerprint density at radius 1 is 0.906 bits per heavy atom. The minimum absolute atomic E-state index is 0.550. The van der Waals surface area contributed by atoms with Crippen LogP contribution in [0.2, 0.25) is 0 Å². The van der Waals surface area contributed by atoms with Gasteiger partial charge in [-0.15, -0.1) is 10.2 Å². The molecule has 3 aliphatic rings. The summed E-state index contributed by atoms with van der Waals surface area (Å²) < 4.78 is 5.12. The van der Waals surface area contributed by atoms with Crippen molar-refractivity contribution < 1.29 is 4.74 Å². The minimum atomic E-state index is 0.550. The number of hydrogen-bond donors (Lipinski definition) is 0. The van der Waals surface area contributed by atoms with E-state index in [4.69, 9.17) is 4.74 Å². The fourth-order valence-electron chi connectivity index (χ4n) is 4.95. The zero-order valence-electron chi connectivity index (χ0n) is 20.7. The zero-order chi connectivity index (χ0) is 23.0. The molecule has 0 bridgehead atoms. The Kier molecular flexibility index (Phi) is 8.85. The molecular weight excluding hydrogens is 398 g/mol. The second kappa shape index (κ2) is 11.6. The standard InChI is InChI=1S/C22H29N5O.2C2H6/c1-28-21-8-5-17(15-23-21)19-6-7-20(25-24-19)26-12-9-22(10-13-26)11-14-27(16-22)18-3-2-4-18;2*1-2/h5-8,15,18H,2-4,9-14,16H2,1H3;2*1-2H3. The highest BCUT2D eigenvalue weighted by atomic mass is 16.5. The van der Waals surface area contributed by atoms with Gasteiger partial charge in [0.2, 0.25) is 5.88 Å².